The van der Waals surface area contributed by atoms with E-state index in [2.05, 4.69) is 172 Å². The number of hydrogen-bond acceptors (Lipinski definition) is 5. The minimum absolute atomic E-state index is 0.0798. The van der Waals surface area contributed by atoms with Crippen LogP contribution in [0.5, 0.6) is 0 Å². The minimum atomic E-state index is -0.792. The van der Waals surface area contributed by atoms with E-state index in [9.17, 15) is 14.7 Å². The van der Waals surface area contributed by atoms with Crippen molar-refractivity contribution < 1.29 is 24.2 Å². The van der Waals surface area contributed by atoms with Crippen molar-refractivity contribution in [2.45, 2.75) is 277 Å². The van der Waals surface area contributed by atoms with Crippen LogP contribution in [0.1, 0.15) is 271 Å². The molecule has 1 N–H and O–H groups in total. The summed E-state index contributed by atoms with van der Waals surface area (Å²) in [5.41, 5.74) is 0. The van der Waals surface area contributed by atoms with Crippen LogP contribution < -0.4 is 0 Å². The number of aliphatic hydroxyl groups is 1. The van der Waals surface area contributed by atoms with Crippen LogP contribution in [-0.4, -0.2) is 36.4 Å². The summed E-state index contributed by atoms with van der Waals surface area (Å²) in [6, 6.07) is 0. The largest absolute Gasteiger partial charge is 0.462 e. The number of carbonyl (C=O) groups is 2. The molecule has 0 bridgehead atoms. The zero-order valence-electron chi connectivity index (χ0n) is 50.4. The van der Waals surface area contributed by atoms with Crippen molar-refractivity contribution in [2.75, 3.05) is 13.2 Å². The van der Waals surface area contributed by atoms with Gasteiger partial charge in [0, 0.05) is 12.8 Å². The van der Waals surface area contributed by atoms with E-state index in [1.807, 2.05) is 0 Å². The molecule has 0 aliphatic heterocycles. The third-order valence-corrected chi connectivity index (χ3v) is 13.3. The Morgan fingerprint density at radius 1 is 0.295 bits per heavy atom. The highest BCUT2D eigenvalue weighted by Crippen LogP contribution is 2.16. The molecule has 0 heterocycles. The Balaban J connectivity index is 3.55. The molecule has 5 nitrogen and oxygen atoms in total. The van der Waals surface area contributed by atoms with E-state index in [-0.39, 0.29) is 25.2 Å². The molecule has 0 aliphatic rings. The molecule has 0 amide bonds. The Labute approximate surface area is 481 Å². The van der Waals surface area contributed by atoms with Gasteiger partial charge in [0.25, 0.3) is 0 Å². The number of unbranched alkanes of at least 4 members (excludes halogenated alkanes) is 23. The Hall–Kier alpha value is -4.48. The number of aliphatic hydroxyl groups excluding tert-OH is 1. The van der Waals surface area contributed by atoms with Gasteiger partial charge in [0.2, 0.25) is 0 Å². The van der Waals surface area contributed by atoms with Crippen LogP contribution in [0, 0.1) is 0 Å². The summed E-state index contributed by atoms with van der Waals surface area (Å²) < 4.78 is 10.7. The highest BCUT2D eigenvalue weighted by Gasteiger charge is 2.16. The highest BCUT2D eigenvalue weighted by atomic mass is 16.6. The maximum absolute atomic E-state index is 12.3. The van der Waals surface area contributed by atoms with Gasteiger partial charge in [0.15, 0.2) is 6.10 Å². The molecule has 5 heteroatoms. The fourth-order valence-electron chi connectivity index (χ4n) is 8.60. The van der Waals surface area contributed by atoms with Crippen molar-refractivity contribution in [1.82, 2.24) is 0 Å². The molecule has 0 radical (unpaired) electrons. The van der Waals surface area contributed by atoms with E-state index in [1.54, 1.807) is 0 Å². The molecule has 1 atom stereocenters. The molecular weight excluding hydrogens is 957 g/mol. The van der Waals surface area contributed by atoms with Crippen LogP contribution >= 0.6 is 0 Å². The molecule has 0 aromatic rings. The van der Waals surface area contributed by atoms with Crippen LogP contribution in [0.4, 0.5) is 0 Å². The molecule has 0 aromatic carbocycles. The first-order chi connectivity index (χ1) is 38.6. The van der Waals surface area contributed by atoms with Crippen LogP contribution in [0.2, 0.25) is 0 Å². The second-order valence-corrected chi connectivity index (χ2v) is 20.7. The molecule has 0 aliphatic carbocycles. The molecule has 78 heavy (non-hydrogen) atoms. The second kappa shape index (κ2) is 66.8. The van der Waals surface area contributed by atoms with Gasteiger partial charge < -0.3 is 14.6 Å². The van der Waals surface area contributed by atoms with Gasteiger partial charge in [-0.15, -0.1) is 0 Å². The van der Waals surface area contributed by atoms with E-state index < -0.39 is 6.10 Å². The minimum Gasteiger partial charge on any atom is -0.462 e. The maximum Gasteiger partial charge on any atom is 0.306 e. The zero-order valence-corrected chi connectivity index (χ0v) is 50.4. The Morgan fingerprint density at radius 2 is 0.513 bits per heavy atom. The van der Waals surface area contributed by atoms with E-state index in [0.29, 0.717) is 12.8 Å². The number of hydrogen-bond donors (Lipinski definition) is 1. The molecule has 0 rings (SSSR count). The summed E-state index contributed by atoms with van der Waals surface area (Å²) in [4.78, 5) is 24.6. The Kier molecular flexibility index (Phi) is 63.0. The van der Waals surface area contributed by atoms with E-state index >= 15 is 0 Å². The van der Waals surface area contributed by atoms with Crippen molar-refractivity contribution in [3.63, 3.8) is 0 Å². The van der Waals surface area contributed by atoms with Crippen molar-refractivity contribution >= 4 is 11.9 Å². The highest BCUT2D eigenvalue weighted by molar-refractivity contribution is 5.70. The van der Waals surface area contributed by atoms with Crippen molar-refractivity contribution in [2.24, 2.45) is 0 Å². The van der Waals surface area contributed by atoms with E-state index in [4.69, 9.17) is 9.47 Å². The fraction of sp³-hybridized carbons (Fsp3) is 0.616. The normalized spacial score (nSPS) is 13.3. The standard InChI is InChI=1S/C73H118O5/c1-3-5-7-9-11-13-15-17-19-21-23-25-27-29-31-33-35-36-38-39-41-43-45-47-49-51-53-55-57-59-61-63-65-67-72(75)77-70-71(69-74)78-73(76)68-66-64-62-60-58-56-54-52-50-48-46-44-42-40-37-34-32-30-28-26-24-22-20-18-16-14-12-10-8-6-4-2/h5-8,11-14,17-20,23-26,29-32,37,40,44,46,50,52,71,74H,3-4,9-10,15-16,21-22,27-28,33-36,38-39,41-43,45,47-49,51,53-70H2,1-2H3/b7-5-,8-6-,13-11-,14-12-,19-17-,20-18-,25-23-,26-24-,31-29-,32-30-,40-37-,46-44-,52-50-. The van der Waals surface area contributed by atoms with Gasteiger partial charge in [0.05, 0.1) is 6.61 Å². The predicted octanol–water partition coefficient (Wildman–Crippen LogP) is 22.3. The Morgan fingerprint density at radius 3 is 0.769 bits per heavy atom. The molecule has 0 spiro atoms. The molecule has 0 aromatic heterocycles. The first kappa shape index (κ1) is 73.5. The number of allylic oxidation sites excluding steroid dienone is 26. The van der Waals surface area contributed by atoms with Gasteiger partial charge in [0.1, 0.15) is 6.61 Å². The predicted molar refractivity (Wildman–Crippen MR) is 343 cm³/mol. The molecule has 440 valence electrons. The molecule has 0 saturated carbocycles. The summed E-state index contributed by atoms with van der Waals surface area (Å²) in [7, 11) is 0. The fourth-order valence-corrected chi connectivity index (χ4v) is 8.60. The summed E-state index contributed by atoms with van der Waals surface area (Å²) >= 11 is 0. The topological polar surface area (TPSA) is 72.8 Å². The molecule has 0 saturated heterocycles. The third-order valence-electron chi connectivity index (χ3n) is 13.3. The average molecular weight is 1080 g/mol. The molecule has 1 unspecified atom stereocenters. The zero-order chi connectivity index (χ0) is 56.2. The Bertz CT molecular complexity index is 1690. The molecular formula is C73H118O5. The van der Waals surface area contributed by atoms with Gasteiger partial charge in [-0.3, -0.25) is 9.59 Å². The van der Waals surface area contributed by atoms with Gasteiger partial charge in [-0.05, 0) is 122 Å². The van der Waals surface area contributed by atoms with Gasteiger partial charge in [-0.1, -0.05) is 294 Å². The van der Waals surface area contributed by atoms with Crippen LogP contribution in [-0.2, 0) is 19.1 Å². The number of rotatable bonds is 57. The van der Waals surface area contributed by atoms with Gasteiger partial charge in [-0.2, -0.15) is 0 Å². The van der Waals surface area contributed by atoms with Crippen molar-refractivity contribution in [1.29, 1.82) is 0 Å². The lowest BCUT2D eigenvalue weighted by molar-refractivity contribution is -0.161. The van der Waals surface area contributed by atoms with E-state index in [1.165, 1.54) is 116 Å². The van der Waals surface area contributed by atoms with Crippen LogP contribution in [0.15, 0.2) is 158 Å². The van der Waals surface area contributed by atoms with E-state index in [0.717, 1.165) is 128 Å². The summed E-state index contributed by atoms with van der Waals surface area (Å²) in [6.45, 7) is 3.91. The third kappa shape index (κ3) is 64.0. The summed E-state index contributed by atoms with van der Waals surface area (Å²) in [5.74, 6) is -0.611. The average Bonchev–Trinajstić information content (AvgIpc) is 3.44. The lowest BCUT2D eigenvalue weighted by atomic mass is 10.0. The number of ether oxygens (including phenoxy) is 2. The number of esters is 2. The summed E-state index contributed by atoms with van der Waals surface area (Å²) in [5, 5.41) is 9.69. The van der Waals surface area contributed by atoms with Gasteiger partial charge in [-0.25, -0.2) is 0 Å². The smallest absolute Gasteiger partial charge is 0.306 e. The van der Waals surface area contributed by atoms with Crippen molar-refractivity contribution in [3.05, 3.63) is 158 Å². The first-order valence-corrected chi connectivity index (χ1v) is 32.0. The van der Waals surface area contributed by atoms with Crippen LogP contribution in [0.25, 0.3) is 0 Å². The lowest BCUT2D eigenvalue weighted by Crippen LogP contribution is -2.28. The quantitative estimate of drug-likeness (QED) is 0.0373. The monoisotopic (exact) mass is 1070 g/mol. The first-order valence-electron chi connectivity index (χ1n) is 32.0. The van der Waals surface area contributed by atoms with Crippen molar-refractivity contribution in [3.8, 4) is 0 Å². The maximum atomic E-state index is 12.3. The number of carbonyl (C=O) groups excluding carboxylic acids is 2. The molecule has 0 fully saturated rings. The second-order valence-electron chi connectivity index (χ2n) is 20.7. The lowest BCUT2D eigenvalue weighted by Gasteiger charge is -2.15. The summed E-state index contributed by atoms with van der Waals surface area (Å²) in [6.07, 6.45) is 102. The van der Waals surface area contributed by atoms with Gasteiger partial charge >= 0.3 is 11.9 Å². The van der Waals surface area contributed by atoms with Crippen LogP contribution in [0.3, 0.4) is 0 Å². The SMILES string of the molecule is CC/C=C\C/C=C\C/C=C\C/C=C\C/C=C\C/C=C\C/C=C\C/C=C\CCCCCCCCC(=O)OC(CO)COC(=O)CCCCCCCCCCCCCCCCCCC/C=C\C/C=C\C/C=C\C/C=C\C/C=C\CC.